The van der Waals surface area contributed by atoms with Crippen LogP contribution in [0.4, 0.5) is 4.39 Å². The molecule has 2 aromatic rings. The van der Waals surface area contributed by atoms with Gasteiger partial charge in [0, 0.05) is 12.1 Å². The lowest BCUT2D eigenvalue weighted by molar-refractivity contribution is 0.191. The topological polar surface area (TPSA) is 48.1 Å². The summed E-state index contributed by atoms with van der Waals surface area (Å²) in [6.07, 6.45) is 0. The molecule has 84 valence electrons. The molecule has 0 bridgehead atoms. The molecule has 0 radical (unpaired) electrons. The van der Waals surface area contributed by atoms with Crippen molar-refractivity contribution in [1.29, 1.82) is 0 Å². The molecule has 0 spiro atoms. The standard InChI is InChI=1S/C11H11FN2OS/c12-6-1-2-10-9(3-6)14-11(16-10)7-4-15-5-8(7)13/h1-3,7-8H,4-5,13H2. The second kappa shape index (κ2) is 3.76. The second-order valence-corrected chi connectivity index (χ2v) is 5.03. The summed E-state index contributed by atoms with van der Waals surface area (Å²) < 4.78 is 19.3. The highest BCUT2D eigenvalue weighted by molar-refractivity contribution is 7.18. The fraction of sp³-hybridized carbons (Fsp3) is 0.364. The molecule has 2 heterocycles. The van der Waals surface area contributed by atoms with Gasteiger partial charge in [-0.1, -0.05) is 0 Å². The minimum Gasteiger partial charge on any atom is -0.379 e. The first-order valence-corrected chi connectivity index (χ1v) is 5.95. The molecular formula is C11H11FN2OS. The van der Waals surface area contributed by atoms with Crippen molar-refractivity contribution in [3.63, 3.8) is 0 Å². The average molecular weight is 238 g/mol. The largest absolute Gasteiger partial charge is 0.379 e. The monoisotopic (exact) mass is 238 g/mol. The van der Waals surface area contributed by atoms with Crippen molar-refractivity contribution in [2.45, 2.75) is 12.0 Å². The number of nitrogens with zero attached hydrogens (tertiary/aromatic N) is 1. The minimum atomic E-state index is -0.253. The Hall–Kier alpha value is -1.04. The van der Waals surface area contributed by atoms with Crippen molar-refractivity contribution in [1.82, 2.24) is 4.98 Å². The number of aromatic nitrogens is 1. The maximum Gasteiger partial charge on any atom is 0.125 e. The van der Waals surface area contributed by atoms with Crippen molar-refractivity contribution < 1.29 is 9.13 Å². The molecule has 1 aromatic heterocycles. The molecule has 1 saturated heterocycles. The van der Waals surface area contributed by atoms with E-state index < -0.39 is 0 Å². The van der Waals surface area contributed by atoms with E-state index in [1.807, 2.05) is 0 Å². The van der Waals surface area contributed by atoms with E-state index in [0.29, 0.717) is 18.7 Å². The number of fused-ring (bicyclic) bond motifs is 1. The molecule has 1 aliphatic heterocycles. The van der Waals surface area contributed by atoms with E-state index in [1.165, 1.54) is 12.1 Å². The Balaban J connectivity index is 2.04. The molecule has 1 aromatic carbocycles. The zero-order valence-electron chi connectivity index (χ0n) is 8.52. The molecule has 16 heavy (non-hydrogen) atoms. The molecule has 1 aliphatic rings. The van der Waals surface area contributed by atoms with Crippen LogP contribution < -0.4 is 5.73 Å². The molecule has 5 heteroatoms. The Morgan fingerprint density at radius 1 is 1.44 bits per heavy atom. The molecule has 0 saturated carbocycles. The first-order chi connectivity index (χ1) is 7.74. The Labute approximate surface area is 96.0 Å². The summed E-state index contributed by atoms with van der Waals surface area (Å²) in [7, 11) is 0. The number of thiazole rings is 1. The van der Waals surface area contributed by atoms with Crippen LogP contribution in [0.5, 0.6) is 0 Å². The van der Waals surface area contributed by atoms with Crippen LogP contribution in [0.2, 0.25) is 0 Å². The van der Waals surface area contributed by atoms with E-state index in [2.05, 4.69) is 4.98 Å². The van der Waals surface area contributed by atoms with Crippen molar-refractivity contribution >= 4 is 21.6 Å². The normalized spacial score (nSPS) is 25.4. The van der Waals surface area contributed by atoms with Gasteiger partial charge < -0.3 is 10.5 Å². The lowest BCUT2D eigenvalue weighted by atomic mass is 10.1. The van der Waals surface area contributed by atoms with Gasteiger partial charge in [0.05, 0.1) is 29.3 Å². The van der Waals surface area contributed by atoms with E-state index in [1.54, 1.807) is 17.4 Å². The third-order valence-electron chi connectivity index (χ3n) is 2.81. The summed E-state index contributed by atoms with van der Waals surface area (Å²) >= 11 is 1.57. The Morgan fingerprint density at radius 2 is 2.31 bits per heavy atom. The predicted octanol–water partition coefficient (Wildman–Crippen LogP) is 1.88. The molecular weight excluding hydrogens is 227 g/mol. The molecule has 2 atom stereocenters. The van der Waals surface area contributed by atoms with Gasteiger partial charge in [-0.25, -0.2) is 9.37 Å². The summed E-state index contributed by atoms with van der Waals surface area (Å²) in [6.45, 7) is 1.19. The fourth-order valence-corrected chi connectivity index (χ4v) is 3.01. The first-order valence-electron chi connectivity index (χ1n) is 5.13. The Bertz CT molecular complexity index is 528. The van der Waals surface area contributed by atoms with E-state index in [-0.39, 0.29) is 17.8 Å². The van der Waals surface area contributed by atoms with Gasteiger partial charge in [-0.15, -0.1) is 11.3 Å². The second-order valence-electron chi connectivity index (χ2n) is 3.97. The van der Waals surface area contributed by atoms with Crippen molar-refractivity contribution in [3.8, 4) is 0 Å². The number of ether oxygens (including phenoxy) is 1. The minimum absolute atomic E-state index is 0.00501. The van der Waals surface area contributed by atoms with Gasteiger partial charge in [0.25, 0.3) is 0 Å². The van der Waals surface area contributed by atoms with Crippen molar-refractivity contribution in [3.05, 3.63) is 29.0 Å². The molecule has 3 rings (SSSR count). The van der Waals surface area contributed by atoms with Gasteiger partial charge in [-0.3, -0.25) is 0 Å². The number of halogens is 1. The third kappa shape index (κ3) is 1.61. The van der Waals surface area contributed by atoms with Gasteiger partial charge in [-0.2, -0.15) is 0 Å². The number of benzene rings is 1. The van der Waals surface area contributed by atoms with Crippen LogP contribution in [0.1, 0.15) is 10.9 Å². The number of hydrogen-bond donors (Lipinski definition) is 1. The highest BCUT2D eigenvalue weighted by Crippen LogP contribution is 2.31. The van der Waals surface area contributed by atoms with Crippen LogP contribution in [-0.4, -0.2) is 24.2 Å². The maximum atomic E-state index is 13.0. The van der Waals surface area contributed by atoms with Gasteiger partial charge in [0.1, 0.15) is 10.8 Å². The van der Waals surface area contributed by atoms with Gasteiger partial charge in [0.2, 0.25) is 0 Å². The lowest BCUT2D eigenvalue weighted by Gasteiger charge is -2.08. The summed E-state index contributed by atoms with van der Waals surface area (Å²) in [5.74, 6) is -0.100. The average Bonchev–Trinajstić information content (AvgIpc) is 2.82. The van der Waals surface area contributed by atoms with Gasteiger partial charge >= 0.3 is 0 Å². The SMILES string of the molecule is NC1COCC1c1nc2cc(F)ccc2s1. The Morgan fingerprint density at radius 3 is 3.06 bits per heavy atom. The quantitative estimate of drug-likeness (QED) is 0.825. The van der Waals surface area contributed by atoms with Gasteiger partial charge in [-0.05, 0) is 12.1 Å². The van der Waals surface area contributed by atoms with Crippen LogP contribution in [0.25, 0.3) is 10.2 Å². The highest BCUT2D eigenvalue weighted by atomic mass is 32.1. The molecule has 2 unspecified atom stereocenters. The van der Waals surface area contributed by atoms with E-state index in [4.69, 9.17) is 10.5 Å². The molecule has 2 N–H and O–H groups in total. The molecule has 3 nitrogen and oxygen atoms in total. The van der Waals surface area contributed by atoms with Crippen LogP contribution >= 0.6 is 11.3 Å². The third-order valence-corrected chi connectivity index (χ3v) is 3.98. The number of hydrogen-bond acceptors (Lipinski definition) is 4. The molecule has 0 amide bonds. The first kappa shape index (κ1) is 10.1. The van der Waals surface area contributed by atoms with E-state index in [0.717, 1.165) is 9.71 Å². The van der Waals surface area contributed by atoms with Crippen molar-refractivity contribution in [2.75, 3.05) is 13.2 Å². The number of rotatable bonds is 1. The molecule has 1 fully saturated rings. The maximum absolute atomic E-state index is 13.0. The van der Waals surface area contributed by atoms with E-state index >= 15 is 0 Å². The van der Waals surface area contributed by atoms with Crippen molar-refractivity contribution in [2.24, 2.45) is 5.73 Å². The smallest absolute Gasteiger partial charge is 0.125 e. The fourth-order valence-electron chi connectivity index (χ4n) is 1.90. The number of nitrogens with two attached hydrogens (primary N) is 1. The predicted molar refractivity (Wildman–Crippen MR) is 61.1 cm³/mol. The van der Waals surface area contributed by atoms with Crippen LogP contribution in [0.3, 0.4) is 0 Å². The zero-order chi connectivity index (χ0) is 11.1. The van der Waals surface area contributed by atoms with E-state index in [9.17, 15) is 4.39 Å². The summed E-state index contributed by atoms with van der Waals surface area (Å²) in [6, 6.07) is 4.67. The van der Waals surface area contributed by atoms with Crippen LogP contribution in [-0.2, 0) is 4.74 Å². The highest BCUT2D eigenvalue weighted by Gasteiger charge is 2.29. The van der Waals surface area contributed by atoms with Crippen LogP contribution in [0, 0.1) is 5.82 Å². The van der Waals surface area contributed by atoms with Crippen LogP contribution in [0.15, 0.2) is 18.2 Å². The molecule has 0 aliphatic carbocycles. The summed E-state index contributed by atoms with van der Waals surface area (Å²) in [5.41, 5.74) is 6.64. The Kier molecular flexibility index (Phi) is 2.38. The lowest BCUT2D eigenvalue weighted by Crippen LogP contribution is -2.26. The zero-order valence-corrected chi connectivity index (χ0v) is 9.34. The van der Waals surface area contributed by atoms with Gasteiger partial charge in [0.15, 0.2) is 0 Å². The summed E-state index contributed by atoms with van der Waals surface area (Å²) in [4.78, 5) is 4.42. The summed E-state index contributed by atoms with van der Waals surface area (Å²) in [5, 5.41) is 0.950.